The van der Waals surface area contributed by atoms with Crippen molar-refractivity contribution in [3.8, 4) is 0 Å². The number of nitrogens with one attached hydrogen (secondary N) is 3. The number of carbonyl (C=O) groups excluding carboxylic acids is 2. The zero-order chi connectivity index (χ0) is 16.2. The lowest BCUT2D eigenvalue weighted by Crippen LogP contribution is -2.24. The molecule has 0 saturated heterocycles. The minimum Gasteiger partial charge on any atom is -0.385 e. The van der Waals surface area contributed by atoms with Crippen LogP contribution in [0.1, 0.15) is 49.4 Å². The fourth-order valence-electron chi connectivity index (χ4n) is 2.07. The van der Waals surface area contributed by atoms with Crippen LogP contribution >= 0.6 is 0 Å². The van der Waals surface area contributed by atoms with Crippen molar-refractivity contribution in [3.63, 3.8) is 0 Å². The van der Waals surface area contributed by atoms with Crippen LogP contribution in [0, 0.1) is 0 Å². The predicted octanol–water partition coefficient (Wildman–Crippen LogP) is 2.30. The van der Waals surface area contributed by atoms with E-state index in [1.54, 1.807) is 17.6 Å². The summed E-state index contributed by atoms with van der Waals surface area (Å²) in [6.45, 7) is 3.50. The zero-order valence-electron chi connectivity index (χ0n) is 13.0. The molecular weight excluding hydrogens is 282 g/mol. The highest BCUT2D eigenvalue weighted by molar-refractivity contribution is 5.94. The van der Waals surface area contributed by atoms with Gasteiger partial charge in [0.05, 0.1) is 0 Å². The number of rotatable bonds is 10. The van der Waals surface area contributed by atoms with Gasteiger partial charge in [-0.25, -0.2) is 5.48 Å². The van der Waals surface area contributed by atoms with Crippen LogP contribution in [-0.4, -0.2) is 30.1 Å². The summed E-state index contributed by atoms with van der Waals surface area (Å²) in [4.78, 5) is 22.7. The van der Waals surface area contributed by atoms with Crippen molar-refractivity contribution in [2.75, 3.05) is 18.4 Å². The molecule has 0 atom stereocenters. The highest BCUT2D eigenvalue weighted by Gasteiger charge is 2.04. The van der Waals surface area contributed by atoms with Gasteiger partial charge in [0.15, 0.2) is 0 Å². The lowest BCUT2D eigenvalue weighted by atomic mass is 10.1. The molecular formula is C16H25N3O3. The van der Waals surface area contributed by atoms with Gasteiger partial charge in [0.2, 0.25) is 5.91 Å². The highest BCUT2D eigenvalue weighted by Crippen LogP contribution is 2.09. The third-order valence-corrected chi connectivity index (χ3v) is 3.27. The normalized spacial score (nSPS) is 10.1. The molecule has 4 N–H and O–H groups in total. The minimum absolute atomic E-state index is 0.0669. The van der Waals surface area contributed by atoms with Gasteiger partial charge in [0, 0.05) is 30.8 Å². The molecule has 1 rings (SSSR count). The molecule has 0 bridgehead atoms. The molecule has 22 heavy (non-hydrogen) atoms. The lowest BCUT2D eigenvalue weighted by Gasteiger charge is -2.07. The molecule has 1 aromatic rings. The van der Waals surface area contributed by atoms with Crippen molar-refractivity contribution in [2.45, 2.75) is 39.0 Å². The van der Waals surface area contributed by atoms with Crippen LogP contribution in [-0.2, 0) is 4.79 Å². The number of benzene rings is 1. The van der Waals surface area contributed by atoms with Crippen LogP contribution in [0.5, 0.6) is 0 Å². The smallest absolute Gasteiger partial charge is 0.251 e. The Labute approximate surface area is 131 Å². The summed E-state index contributed by atoms with van der Waals surface area (Å²) in [5.41, 5.74) is 3.27. The van der Waals surface area contributed by atoms with Crippen LogP contribution in [0.15, 0.2) is 24.3 Å². The van der Waals surface area contributed by atoms with Gasteiger partial charge in [-0.15, -0.1) is 0 Å². The van der Waals surface area contributed by atoms with Gasteiger partial charge in [0.25, 0.3) is 5.91 Å². The molecule has 6 heteroatoms. The van der Waals surface area contributed by atoms with Crippen LogP contribution in [0.3, 0.4) is 0 Å². The maximum absolute atomic E-state index is 11.9. The highest BCUT2D eigenvalue weighted by atomic mass is 16.5. The first-order chi connectivity index (χ1) is 10.7. The third kappa shape index (κ3) is 7.08. The monoisotopic (exact) mass is 307 g/mol. The number of hydroxylamine groups is 1. The summed E-state index contributed by atoms with van der Waals surface area (Å²) in [5.74, 6) is -0.419. The Bertz CT molecular complexity index is 460. The van der Waals surface area contributed by atoms with E-state index in [0.717, 1.165) is 37.9 Å². The Morgan fingerprint density at radius 1 is 1.05 bits per heavy atom. The van der Waals surface area contributed by atoms with E-state index in [1.807, 2.05) is 19.1 Å². The van der Waals surface area contributed by atoms with Gasteiger partial charge in [0.1, 0.15) is 0 Å². The fraction of sp³-hybridized carbons (Fsp3) is 0.500. The third-order valence-electron chi connectivity index (χ3n) is 3.27. The van der Waals surface area contributed by atoms with Gasteiger partial charge in [-0.05, 0) is 44.0 Å². The average molecular weight is 307 g/mol. The quantitative estimate of drug-likeness (QED) is 0.303. The summed E-state index contributed by atoms with van der Waals surface area (Å²) in [6.07, 6.45) is 3.80. The first-order valence-electron chi connectivity index (χ1n) is 7.72. The first-order valence-corrected chi connectivity index (χ1v) is 7.72. The van der Waals surface area contributed by atoms with Gasteiger partial charge in [-0.3, -0.25) is 14.8 Å². The zero-order valence-corrected chi connectivity index (χ0v) is 13.0. The first kappa shape index (κ1) is 18.0. The number of hydrogen-bond acceptors (Lipinski definition) is 4. The van der Waals surface area contributed by atoms with E-state index in [0.29, 0.717) is 18.5 Å². The molecule has 0 fully saturated rings. The van der Waals surface area contributed by atoms with E-state index < -0.39 is 0 Å². The van der Waals surface area contributed by atoms with Crippen molar-refractivity contribution in [1.29, 1.82) is 0 Å². The van der Waals surface area contributed by atoms with Gasteiger partial charge < -0.3 is 10.6 Å². The molecule has 2 amide bonds. The second kappa shape index (κ2) is 10.6. The van der Waals surface area contributed by atoms with E-state index in [9.17, 15) is 9.59 Å². The van der Waals surface area contributed by atoms with Crippen LogP contribution in [0.2, 0.25) is 0 Å². The Balaban J connectivity index is 2.14. The average Bonchev–Trinajstić information content (AvgIpc) is 2.54. The van der Waals surface area contributed by atoms with Crippen LogP contribution in [0.4, 0.5) is 5.69 Å². The van der Waals surface area contributed by atoms with E-state index in [1.165, 1.54) is 0 Å². The predicted molar refractivity (Wildman–Crippen MR) is 86.0 cm³/mol. The Hall–Kier alpha value is -2.08. The molecule has 0 aliphatic rings. The largest absolute Gasteiger partial charge is 0.385 e. The van der Waals surface area contributed by atoms with Crippen molar-refractivity contribution in [3.05, 3.63) is 29.8 Å². The van der Waals surface area contributed by atoms with Gasteiger partial charge >= 0.3 is 0 Å². The standard InChI is InChI=1S/C16H25N3O3/c1-2-17-14-10-8-13(9-11-14)16(21)18-12-6-4-3-5-7-15(20)19-22/h8-11,17,22H,2-7,12H2,1H3,(H,18,21)(H,19,20). The summed E-state index contributed by atoms with van der Waals surface area (Å²) in [7, 11) is 0. The minimum atomic E-state index is -0.352. The number of unbranched alkanes of at least 4 members (excludes halogenated alkanes) is 3. The molecule has 0 radical (unpaired) electrons. The molecule has 6 nitrogen and oxygen atoms in total. The van der Waals surface area contributed by atoms with E-state index in [-0.39, 0.29) is 11.8 Å². The Morgan fingerprint density at radius 3 is 2.36 bits per heavy atom. The number of carbonyl (C=O) groups is 2. The number of hydrogen-bond donors (Lipinski definition) is 4. The summed E-state index contributed by atoms with van der Waals surface area (Å²) in [5, 5.41) is 14.4. The molecule has 0 aliphatic heterocycles. The van der Waals surface area contributed by atoms with Crippen LogP contribution < -0.4 is 16.1 Å². The van der Waals surface area contributed by atoms with Crippen molar-refractivity contribution >= 4 is 17.5 Å². The van der Waals surface area contributed by atoms with E-state index >= 15 is 0 Å². The summed E-state index contributed by atoms with van der Waals surface area (Å²) >= 11 is 0. The Kier molecular flexibility index (Phi) is 8.67. The lowest BCUT2D eigenvalue weighted by molar-refractivity contribution is -0.129. The maximum Gasteiger partial charge on any atom is 0.251 e. The topological polar surface area (TPSA) is 90.5 Å². The van der Waals surface area contributed by atoms with E-state index in [2.05, 4.69) is 10.6 Å². The second-order valence-electron chi connectivity index (χ2n) is 5.06. The van der Waals surface area contributed by atoms with Gasteiger partial charge in [-0.2, -0.15) is 0 Å². The second-order valence-corrected chi connectivity index (χ2v) is 5.06. The number of amides is 2. The molecule has 0 heterocycles. The Morgan fingerprint density at radius 2 is 1.73 bits per heavy atom. The van der Waals surface area contributed by atoms with Gasteiger partial charge in [-0.1, -0.05) is 12.8 Å². The van der Waals surface area contributed by atoms with Crippen molar-refractivity contribution < 1.29 is 14.8 Å². The molecule has 0 spiro atoms. The molecule has 0 saturated carbocycles. The number of anilines is 1. The van der Waals surface area contributed by atoms with Crippen molar-refractivity contribution in [1.82, 2.24) is 10.8 Å². The molecule has 0 unspecified atom stereocenters. The van der Waals surface area contributed by atoms with Crippen molar-refractivity contribution in [2.24, 2.45) is 0 Å². The van der Waals surface area contributed by atoms with E-state index in [4.69, 9.17) is 5.21 Å². The maximum atomic E-state index is 11.9. The molecule has 0 aromatic heterocycles. The summed E-state index contributed by atoms with van der Waals surface area (Å²) < 4.78 is 0. The molecule has 0 aliphatic carbocycles. The van der Waals surface area contributed by atoms with Crippen LogP contribution in [0.25, 0.3) is 0 Å². The SMILES string of the molecule is CCNc1ccc(C(=O)NCCCCCCC(=O)NO)cc1. The summed E-state index contributed by atoms with van der Waals surface area (Å²) in [6, 6.07) is 7.40. The molecule has 122 valence electrons. The molecule has 1 aromatic carbocycles. The fourth-order valence-corrected chi connectivity index (χ4v) is 2.07.